The number of anilines is 1. The largest absolute Gasteiger partial charge is 0.507 e. The van der Waals surface area contributed by atoms with Gasteiger partial charge in [0.1, 0.15) is 35.0 Å². The van der Waals surface area contributed by atoms with Crippen molar-refractivity contribution >= 4 is 17.3 Å². The van der Waals surface area contributed by atoms with Crippen LogP contribution in [0, 0.1) is 22.7 Å². The van der Waals surface area contributed by atoms with Gasteiger partial charge in [0.15, 0.2) is 0 Å². The van der Waals surface area contributed by atoms with E-state index in [0.29, 0.717) is 28.2 Å². The third kappa shape index (κ3) is 4.15. The van der Waals surface area contributed by atoms with Crippen LogP contribution in [0.3, 0.4) is 0 Å². The minimum absolute atomic E-state index is 0.0260. The second-order valence-corrected chi connectivity index (χ2v) is 6.41. The van der Waals surface area contributed by atoms with Crippen molar-refractivity contribution in [3.8, 4) is 23.6 Å². The van der Waals surface area contributed by atoms with Crippen molar-refractivity contribution in [3.05, 3.63) is 77.1 Å². The first-order valence-corrected chi connectivity index (χ1v) is 9.40. The van der Waals surface area contributed by atoms with Gasteiger partial charge in [0.25, 0.3) is 0 Å². The van der Waals surface area contributed by atoms with E-state index in [9.17, 15) is 15.6 Å². The smallest absolute Gasteiger partial charge is 0.137 e. The van der Waals surface area contributed by atoms with Crippen LogP contribution in [-0.4, -0.2) is 18.2 Å². The molecule has 0 spiro atoms. The van der Waals surface area contributed by atoms with Gasteiger partial charge in [-0.1, -0.05) is 18.2 Å². The van der Waals surface area contributed by atoms with E-state index in [0.717, 1.165) is 18.8 Å². The van der Waals surface area contributed by atoms with Gasteiger partial charge in [-0.05, 0) is 50.3 Å². The lowest BCUT2D eigenvalue weighted by molar-refractivity contribution is 0.439. The van der Waals surface area contributed by atoms with Crippen molar-refractivity contribution < 1.29 is 9.84 Å². The van der Waals surface area contributed by atoms with Gasteiger partial charge in [0.05, 0.1) is 0 Å². The molecular weight excluding hydrogens is 362 g/mol. The van der Waals surface area contributed by atoms with Crippen molar-refractivity contribution in [2.24, 2.45) is 0 Å². The minimum atomic E-state index is 0.0260. The molecule has 0 fully saturated rings. The molecule has 5 heteroatoms. The molecule has 0 aromatic heterocycles. The number of hydrogen-bond donors (Lipinski definition) is 1. The molecule has 0 atom stereocenters. The van der Waals surface area contributed by atoms with E-state index in [-0.39, 0.29) is 11.3 Å². The summed E-state index contributed by atoms with van der Waals surface area (Å²) >= 11 is 0. The number of phenolic OH excluding ortho intramolecular Hbond substituents is 1. The van der Waals surface area contributed by atoms with E-state index in [4.69, 9.17) is 4.74 Å². The van der Waals surface area contributed by atoms with Gasteiger partial charge < -0.3 is 14.7 Å². The maximum atomic E-state index is 10.4. The summed E-state index contributed by atoms with van der Waals surface area (Å²) in [4.78, 5) is 2.15. The van der Waals surface area contributed by atoms with Gasteiger partial charge >= 0.3 is 0 Å². The number of ether oxygens (including phenoxy) is 1. The Hall–Kier alpha value is -3.96. The lowest BCUT2D eigenvalue weighted by Crippen LogP contribution is -2.21. The van der Waals surface area contributed by atoms with E-state index in [1.165, 1.54) is 0 Å². The zero-order chi connectivity index (χ0) is 20.8. The van der Waals surface area contributed by atoms with Gasteiger partial charge in [0.2, 0.25) is 0 Å². The molecule has 0 amide bonds. The van der Waals surface area contributed by atoms with Crippen molar-refractivity contribution in [2.45, 2.75) is 13.8 Å². The molecule has 144 valence electrons. The van der Waals surface area contributed by atoms with Crippen LogP contribution in [0.2, 0.25) is 0 Å². The first-order chi connectivity index (χ1) is 14.1. The van der Waals surface area contributed by atoms with Crippen LogP contribution in [0.5, 0.6) is 11.5 Å². The highest BCUT2D eigenvalue weighted by atomic mass is 16.5. The monoisotopic (exact) mass is 383 g/mol. The lowest BCUT2D eigenvalue weighted by atomic mass is 9.97. The number of allylic oxidation sites excluding steroid dienone is 4. The Morgan fingerprint density at radius 3 is 2.45 bits per heavy atom. The van der Waals surface area contributed by atoms with Crippen LogP contribution in [-0.2, 0) is 0 Å². The summed E-state index contributed by atoms with van der Waals surface area (Å²) < 4.78 is 5.89. The van der Waals surface area contributed by atoms with Gasteiger partial charge in [-0.2, -0.15) is 10.5 Å². The molecule has 1 heterocycles. The molecule has 1 aliphatic heterocycles. The van der Waals surface area contributed by atoms with Crippen molar-refractivity contribution in [3.63, 3.8) is 0 Å². The number of rotatable bonds is 5. The summed E-state index contributed by atoms with van der Waals surface area (Å²) in [5, 5.41) is 29.0. The molecule has 0 radical (unpaired) electrons. The highest BCUT2D eigenvalue weighted by Gasteiger charge is 2.18. The molecule has 0 aliphatic carbocycles. The summed E-state index contributed by atoms with van der Waals surface area (Å²) in [5.74, 6) is 1.23. The SMILES string of the molecule is CCN(CC)c1ccc(/C=C/C2=CC(=C(C#N)C#N)c3ccccc3O2)c(O)c1. The summed E-state index contributed by atoms with van der Waals surface area (Å²) in [6.45, 7) is 5.86. The quantitative estimate of drug-likeness (QED) is 0.733. The maximum absolute atomic E-state index is 10.4. The average Bonchev–Trinajstić information content (AvgIpc) is 2.75. The van der Waals surface area contributed by atoms with Crippen LogP contribution in [0.25, 0.3) is 11.6 Å². The van der Waals surface area contributed by atoms with Crippen molar-refractivity contribution in [1.82, 2.24) is 0 Å². The number of para-hydroxylation sites is 1. The van der Waals surface area contributed by atoms with Crippen LogP contribution in [0.1, 0.15) is 25.0 Å². The number of hydrogen-bond acceptors (Lipinski definition) is 5. The van der Waals surface area contributed by atoms with Gasteiger partial charge in [-0.15, -0.1) is 0 Å². The first kappa shape index (κ1) is 19.8. The Balaban J connectivity index is 1.95. The Bertz CT molecular complexity index is 1080. The second-order valence-electron chi connectivity index (χ2n) is 6.41. The van der Waals surface area contributed by atoms with Gasteiger partial charge in [-0.25, -0.2) is 0 Å². The van der Waals surface area contributed by atoms with Gasteiger partial charge in [-0.3, -0.25) is 0 Å². The van der Waals surface area contributed by atoms with E-state index in [1.807, 2.05) is 42.5 Å². The molecule has 0 saturated heterocycles. The fraction of sp³-hybridized carbons (Fsp3) is 0.167. The average molecular weight is 383 g/mol. The summed E-state index contributed by atoms with van der Waals surface area (Å²) in [6.07, 6.45) is 5.13. The van der Waals surface area contributed by atoms with E-state index < -0.39 is 0 Å². The minimum Gasteiger partial charge on any atom is -0.507 e. The third-order valence-electron chi connectivity index (χ3n) is 4.75. The molecule has 0 unspecified atom stereocenters. The number of benzene rings is 2. The zero-order valence-corrected chi connectivity index (χ0v) is 16.4. The highest BCUT2D eigenvalue weighted by Crippen LogP contribution is 2.36. The predicted molar refractivity (Wildman–Crippen MR) is 114 cm³/mol. The number of aromatic hydroxyl groups is 1. The maximum Gasteiger partial charge on any atom is 0.137 e. The lowest BCUT2D eigenvalue weighted by Gasteiger charge is -2.21. The van der Waals surface area contributed by atoms with Crippen LogP contribution < -0.4 is 9.64 Å². The molecule has 0 saturated carbocycles. The summed E-state index contributed by atoms with van der Waals surface area (Å²) in [7, 11) is 0. The normalized spacial score (nSPS) is 12.4. The Morgan fingerprint density at radius 1 is 1.07 bits per heavy atom. The summed E-state index contributed by atoms with van der Waals surface area (Å²) in [6, 6.07) is 16.7. The Labute approximate surface area is 170 Å². The molecule has 1 aliphatic rings. The Kier molecular flexibility index (Phi) is 6.02. The highest BCUT2D eigenvalue weighted by molar-refractivity contribution is 5.87. The number of nitrogens with zero attached hydrogens (tertiary/aromatic N) is 3. The standard InChI is InChI=1S/C24H21N3O2/c1-3-27(4-2)19-11-9-17(23(28)13-19)10-12-20-14-22(18(15-25)16-26)21-7-5-6-8-24(21)29-20/h5-14,28H,3-4H2,1-2H3/b12-10+. The second kappa shape index (κ2) is 8.82. The summed E-state index contributed by atoms with van der Waals surface area (Å²) in [5.41, 5.74) is 2.87. The zero-order valence-electron chi connectivity index (χ0n) is 16.4. The number of fused-ring (bicyclic) bond motifs is 1. The van der Waals surface area contributed by atoms with Crippen molar-refractivity contribution in [2.75, 3.05) is 18.0 Å². The topological polar surface area (TPSA) is 80.3 Å². The van der Waals surface area contributed by atoms with E-state index in [1.54, 1.807) is 30.4 Å². The molecule has 29 heavy (non-hydrogen) atoms. The third-order valence-corrected chi connectivity index (χ3v) is 4.75. The molecule has 0 bridgehead atoms. The predicted octanol–water partition coefficient (Wildman–Crippen LogP) is 5.03. The fourth-order valence-corrected chi connectivity index (χ4v) is 3.22. The van der Waals surface area contributed by atoms with Crippen LogP contribution >= 0.6 is 0 Å². The Morgan fingerprint density at radius 2 is 1.79 bits per heavy atom. The molecule has 2 aromatic rings. The van der Waals surface area contributed by atoms with Gasteiger partial charge in [0, 0.05) is 41.5 Å². The first-order valence-electron chi connectivity index (χ1n) is 9.40. The molecule has 3 rings (SSSR count). The van der Waals surface area contributed by atoms with E-state index in [2.05, 4.69) is 18.7 Å². The number of phenols is 1. The molecule has 2 aromatic carbocycles. The van der Waals surface area contributed by atoms with Crippen molar-refractivity contribution in [1.29, 1.82) is 10.5 Å². The fourth-order valence-electron chi connectivity index (χ4n) is 3.22. The number of nitriles is 2. The molecule has 1 N–H and O–H groups in total. The molecular formula is C24H21N3O2. The van der Waals surface area contributed by atoms with Crippen LogP contribution in [0.4, 0.5) is 5.69 Å². The molecule has 5 nitrogen and oxygen atoms in total. The van der Waals surface area contributed by atoms with Crippen LogP contribution in [0.15, 0.2) is 65.9 Å². The van der Waals surface area contributed by atoms with E-state index >= 15 is 0 Å².